The van der Waals surface area contributed by atoms with Gasteiger partial charge in [-0.1, -0.05) is 0 Å². The summed E-state index contributed by atoms with van der Waals surface area (Å²) in [4.78, 5) is 12.2. The van der Waals surface area contributed by atoms with Crippen LogP contribution in [-0.2, 0) is 9.53 Å². The minimum Gasteiger partial charge on any atom is -0.466 e. The van der Waals surface area contributed by atoms with Gasteiger partial charge in [0.25, 0.3) is 0 Å². The summed E-state index contributed by atoms with van der Waals surface area (Å²) < 4.78 is 6.86. The summed E-state index contributed by atoms with van der Waals surface area (Å²) in [7, 11) is 0. The van der Waals surface area contributed by atoms with Crippen LogP contribution >= 0.6 is 54.8 Å². The molecule has 0 fully saturated rings. The first-order valence-corrected chi connectivity index (χ1v) is 7.63. The third-order valence-electron chi connectivity index (χ3n) is 1.88. The van der Waals surface area contributed by atoms with Crippen molar-refractivity contribution in [2.75, 3.05) is 6.61 Å². The summed E-state index contributed by atoms with van der Waals surface area (Å²) >= 11 is 14.6. The second-order valence-corrected chi connectivity index (χ2v) is 6.86. The van der Waals surface area contributed by atoms with Gasteiger partial charge in [-0.25, -0.2) is 0 Å². The van der Waals surface area contributed by atoms with Crippen molar-refractivity contribution >= 4 is 60.8 Å². The van der Waals surface area contributed by atoms with Gasteiger partial charge in [0, 0.05) is 15.8 Å². The Hall–Kier alpha value is 0.420. The van der Waals surface area contributed by atoms with Crippen molar-refractivity contribution in [3.8, 4) is 0 Å². The molecule has 0 bridgehead atoms. The van der Waals surface area contributed by atoms with E-state index in [0.29, 0.717) is 19.4 Å². The highest BCUT2D eigenvalue weighted by Crippen LogP contribution is 2.39. The van der Waals surface area contributed by atoms with Gasteiger partial charge in [0.15, 0.2) is 0 Å². The number of carbonyl (C=O) groups is 1. The number of halogens is 3. The lowest BCUT2D eigenvalue weighted by molar-refractivity contribution is -0.143. The maximum absolute atomic E-state index is 11.2. The van der Waals surface area contributed by atoms with Crippen molar-refractivity contribution in [2.45, 2.75) is 25.1 Å². The van der Waals surface area contributed by atoms with E-state index in [1.54, 1.807) is 18.3 Å². The molecule has 6 heteroatoms. The lowest BCUT2D eigenvalue weighted by Crippen LogP contribution is -2.04. The largest absolute Gasteiger partial charge is 0.466 e. The zero-order chi connectivity index (χ0) is 12.1. The zero-order valence-corrected chi connectivity index (χ0v) is 13.4. The predicted molar refractivity (Wildman–Crippen MR) is 74.2 cm³/mol. The molecule has 1 aromatic rings. The van der Waals surface area contributed by atoms with Crippen molar-refractivity contribution in [3.63, 3.8) is 0 Å². The fraction of sp³-hybridized carbons (Fsp3) is 0.500. The molecular formula is C10H11Br2ClO2S. The second-order valence-electron chi connectivity index (χ2n) is 3.08. The normalized spacial score (nSPS) is 12.5. The molecule has 2 nitrogen and oxygen atoms in total. The van der Waals surface area contributed by atoms with Crippen molar-refractivity contribution in [2.24, 2.45) is 0 Å². The number of thiophene rings is 1. The highest BCUT2D eigenvalue weighted by Gasteiger charge is 2.15. The number of alkyl halides is 1. The van der Waals surface area contributed by atoms with E-state index >= 15 is 0 Å². The second kappa shape index (κ2) is 6.99. The van der Waals surface area contributed by atoms with Crippen LogP contribution in [0.15, 0.2) is 14.3 Å². The molecule has 90 valence electrons. The average Bonchev–Trinajstić information content (AvgIpc) is 2.56. The van der Waals surface area contributed by atoms with Crippen LogP contribution in [0.5, 0.6) is 0 Å². The van der Waals surface area contributed by atoms with E-state index in [0.717, 1.165) is 13.1 Å². The smallest absolute Gasteiger partial charge is 0.305 e. The fourth-order valence-corrected chi connectivity index (χ4v) is 3.55. The molecule has 0 saturated carbocycles. The maximum atomic E-state index is 11.2. The minimum atomic E-state index is -0.192. The van der Waals surface area contributed by atoms with Crippen LogP contribution in [-0.4, -0.2) is 12.6 Å². The van der Waals surface area contributed by atoms with Crippen LogP contribution in [0, 0.1) is 0 Å². The van der Waals surface area contributed by atoms with Gasteiger partial charge in [-0.15, -0.1) is 22.9 Å². The monoisotopic (exact) mass is 388 g/mol. The topological polar surface area (TPSA) is 26.3 Å². The Morgan fingerprint density at radius 2 is 2.31 bits per heavy atom. The number of hydrogen-bond acceptors (Lipinski definition) is 3. The van der Waals surface area contributed by atoms with Crippen LogP contribution in [0.3, 0.4) is 0 Å². The standard InChI is InChI=1S/C10H11Br2ClO2S/c1-2-15-9(14)4-3-7(13)8-5-6(11)10(12)16-8/h5,7H,2-4H2,1H3. The molecule has 1 heterocycles. The molecule has 0 amide bonds. The molecule has 0 aromatic carbocycles. The molecular weight excluding hydrogens is 379 g/mol. The fourth-order valence-electron chi connectivity index (χ4n) is 1.14. The molecule has 1 unspecified atom stereocenters. The van der Waals surface area contributed by atoms with Crippen molar-refractivity contribution in [1.29, 1.82) is 0 Å². The molecule has 0 aliphatic heterocycles. The molecule has 0 spiro atoms. The summed E-state index contributed by atoms with van der Waals surface area (Å²) in [6, 6.07) is 1.97. The van der Waals surface area contributed by atoms with Gasteiger partial charge in [-0.3, -0.25) is 4.79 Å². The Balaban J connectivity index is 2.46. The number of carbonyl (C=O) groups excluding carboxylic acids is 1. The van der Waals surface area contributed by atoms with Crippen LogP contribution < -0.4 is 0 Å². The Morgan fingerprint density at radius 1 is 1.62 bits per heavy atom. The van der Waals surface area contributed by atoms with Crippen LogP contribution in [0.4, 0.5) is 0 Å². The van der Waals surface area contributed by atoms with E-state index in [9.17, 15) is 4.79 Å². The van der Waals surface area contributed by atoms with Gasteiger partial charge in [-0.2, -0.15) is 0 Å². The number of ether oxygens (including phenoxy) is 1. The van der Waals surface area contributed by atoms with Gasteiger partial charge >= 0.3 is 5.97 Å². The van der Waals surface area contributed by atoms with Crippen LogP contribution in [0.25, 0.3) is 0 Å². The van der Waals surface area contributed by atoms with Crippen molar-refractivity contribution < 1.29 is 9.53 Å². The van der Waals surface area contributed by atoms with Gasteiger partial charge < -0.3 is 4.74 Å². The lowest BCUT2D eigenvalue weighted by atomic mass is 10.2. The predicted octanol–water partition coefficient (Wildman–Crippen LogP) is 4.90. The van der Waals surface area contributed by atoms with E-state index in [-0.39, 0.29) is 11.3 Å². The van der Waals surface area contributed by atoms with Crippen molar-refractivity contribution in [3.05, 3.63) is 19.2 Å². The van der Waals surface area contributed by atoms with Gasteiger partial charge in [0.05, 0.1) is 15.8 Å². The molecule has 0 saturated heterocycles. The molecule has 0 radical (unpaired) electrons. The molecule has 0 N–H and O–H groups in total. The average molecular weight is 391 g/mol. The number of esters is 1. The number of rotatable bonds is 5. The summed E-state index contributed by atoms with van der Waals surface area (Å²) in [5, 5.41) is -0.142. The van der Waals surface area contributed by atoms with E-state index in [4.69, 9.17) is 16.3 Å². The maximum Gasteiger partial charge on any atom is 0.305 e. The molecule has 1 aromatic heterocycles. The summed E-state index contributed by atoms with van der Waals surface area (Å²) in [6.07, 6.45) is 0.953. The quantitative estimate of drug-likeness (QED) is 0.528. The van der Waals surface area contributed by atoms with Crippen molar-refractivity contribution in [1.82, 2.24) is 0 Å². The van der Waals surface area contributed by atoms with Gasteiger partial charge in [0.2, 0.25) is 0 Å². The highest BCUT2D eigenvalue weighted by atomic mass is 79.9. The third kappa shape index (κ3) is 4.35. The van der Waals surface area contributed by atoms with E-state index in [2.05, 4.69) is 31.9 Å². The van der Waals surface area contributed by atoms with Gasteiger partial charge in [0.1, 0.15) is 0 Å². The SMILES string of the molecule is CCOC(=O)CCC(Cl)c1cc(Br)c(Br)s1. The first-order chi connectivity index (χ1) is 7.54. The van der Waals surface area contributed by atoms with Gasteiger partial charge in [-0.05, 0) is 51.3 Å². The molecule has 1 atom stereocenters. The van der Waals surface area contributed by atoms with E-state index < -0.39 is 0 Å². The summed E-state index contributed by atoms with van der Waals surface area (Å²) in [6.45, 7) is 2.21. The molecule has 0 aliphatic carbocycles. The van der Waals surface area contributed by atoms with E-state index in [1.165, 1.54) is 0 Å². The van der Waals surface area contributed by atoms with E-state index in [1.807, 2.05) is 6.07 Å². The van der Waals surface area contributed by atoms with Crippen LogP contribution in [0.2, 0.25) is 0 Å². The first-order valence-electron chi connectivity index (χ1n) is 4.79. The molecule has 1 rings (SSSR count). The Labute approximate surface area is 121 Å². The summed E-state index contributed by atoms with van der Waals surface area (Å²) in [5.41, 5.74) is 0. The number of hydrogen-bond donors (Lipinski definition) is 0. The Bertz CT molecular complexity index is 348. The highest BCUT2D eigenvalue weighted by molar-refractivity contribution is 9.13. The summed E-state index contributed by atoms with van der Waals surface area (Å²) in [5.74, 6) is -0.192. The third-order valence-corrected chi connectivity index (χ3v) is 5.83. The molecule has 0 aliphatic rings. The Morgan fingerprint density at radius 3 is 2.81 bits per heavy atom. The zero-order valence-electron chi connectivity index (χ0n) is 8.63. The lowest BCUT2D eigenvalue weighted by Gasteiger charge is -2.06. The minimum absolute atomic E-state index is 0.142. The first kappa shape index (κ1) is 14.5. The van der Waals surface area contributed by atoms with Crippen LogP contribution in [0.1, 0.15) is 30.0 Å². The Kier molecular flexibility index (Phi) is 6.32. The molecule has 16 heavy (non-hydrogen) atoms.